The molecule has 0 atom stereocenters. The highest BCUT2D eigenvalue weighted by molar-refractivity contribution is 7.21. The van der Waals surface area contributed by atoms with Crippen LogP contribution in [0.3, 0.4) is 0 Å². The standard InChI is InChI=1S/C19H13F4NO3S/c1-10-16-12(20)6-4-8-14(16)28-17(10)18(26)27-9-15(25)24-13-7-3-2-5-11(13)19(21,22)23/h2-8H,9H2,1H3,(H,24,25). The summed E-state index contributed by atoms with van der Waals surface area (Å²) in [5.74, 6) is -2.25. The van der Waals surface area contributed by atoms with Crippen LogP contribution in [0.5, 0.6) is 0 Å². The van der Waals surface area contributed by atoms with E-state index in [9.17, 15) is 27.2 Å². The monoisotopic (exact) mass is 411 g/mol. The van der Waals surface area contributed by atoms with Crippen molar-refractivity contribution >= 4 is 39.0 Å². The number of rotatable bonds is 4. The molecular weight excluding hydrogens is 398 g/mol. The number of carbonyl (C=O) groups is 2. The number of halogens is 4. The summed E-state index contributed by atoms with van der Waals surface area (Å²) in [5.41, 5.74) is -1.06. The molecule has 0 unspecified atom stereocenters. The second kappa shape index (κ2) is 7.59. The normalized spacial score (nSPS) is 11.5. The summed E-state index contributed by atoms with van der Waals surface area (Å²) in [6, 6.07) is 8.89. The molecule has 3 rings (SSSR count). The SMILES string of the molecule is Cc1c(C(=O)OCC(=O)Nc2ccccc2C(F)(F)F)sc2cccc(F)c12. The van der Waals surface area contributed by atoms with Gasteiger partial charge in [-0.3, -0.25) is 4.79 Å². The number of fused-ring (bicyclic) bond motifs is 1. The Kier molecular flexibility index (Phi) is 5.37. The van der Waals surface area contributed by atoms with Crippen molar-refractivity contribution in [1.29, 1.82) is 0 Å². The van der Waals surface area contributed by atoms with E-state index in [2.05, 4.69) is 5.32 Å². The number of alkyl halides is 3. The van der Waals surface area contributed by atoms with Crippen LogP contribution >= 0.6 is 11.3 Å². The number of ether oxygens (including phenoxy) is 1. The Labute approximate surface area is 160 Å². The van der Waals surface area contributed by atoms with E-state index in [-0.39, 0.29) is 4.88 Å². The molecule has 0 saturated heterocycles. The number of amides is 1. The van der Waals surface area contributed by atoms with Crippen LogP contribution in [-0.4, -0.2) is 18.5 Å². The molecule has 0 aliphatic rings. The highest BCUT2D eigenvalue weighted by Gasteiger charge is 2.33. The largest absolute Gasteiger partial charge is 0.451 e. The van der Waals surface area contributed by atoms with E-state index in [0.717, 1.165) is 23.5 Å². The van der Waals surface area contributed by atoms with Gasteiger partial charge in [-0.25, -0.2) is 9.18 Å². The second-order valence-corrected chi connectivity index (χ2v) is 6.89. The Morgan fingerprint density at radius 2 is 1.82 bits per heavy atom. The molecule has 0 bridgehead atoms. The summed E-state index contributed by atoms with van der Waals surface area (Å²) < 4.78 is 58.2. The molecule has 0 saturated carbocycles. The van der Waals surface area contributed by atoms with Crippen LogP contribution in [0.4, 0.5) is 23.2 Å². The van der Waals surface area contributed by atoms with Gasteiger partial charge in [0.25, 0.3) is 5.91 Å². The molecule has 1 amide bonds. The maximum absolute atomic E-state index is 13.9. The van der Waals surface area contributed by atoms with Gasteiger partial charge in [0.15, 0.2) is 6.61 Å². The Morgan fingerprint density at radius 3 is 2.50 bits per heavy atom. The molecule has 2 aromatic carbocycles. The third-order valence-electron chi connectivity index (χ3n) is 3.93. The van der Waals surface area contributed by atoms with Crippen LogP contribution in [0.1, 0.15) is 20.8 Å². The van der Waals surface area contributed by atoms with E-state index in [4.69, 9.17) is 4.74 Å². The van der Waals surface area contributed by atoms with Crippen molar-refractivity contribution in [3.05, 3.63) is 64.3 Å². The van der Waals surface area contributed by atoms with Crippen molar-refractivity contribution in [1.82, 2.24) is 0 Å². The van der Waals surface area contributed by atoms with Crippen LogP contribution in [0, 0.1) is 12.7 Å². The zero-order valence-electron chi connectivity index (χ0n) is 14.4. The van der Waals surface area contributed by atoms with Crippen molar-refractivity contribution in [2.75, 3.05) is 11.9 Å². The first-order valence-electron chi connectivity index (χ1n) is 7.99. The quantitative estimate of drug-likeness (QED) is 0.476. The topological polar surface area (TPSA) is 55.4 Å². The van der Waals surface area contributed by atoms with Gasteiger partial charge in [-0.05, 0) is 36.8 Å². The lowest BCUT2D eigenvalue weighted by Gasteiger charge is -2.13. The maximum Gasteiger partial charge on any atom is 0.418 e. The fourth-order valence-electron chi connectivity index (χ4n) is 2.67. The van der Waals surface area contributed by atoms with Gasteiger partial charge in [0.05, 0.1) is 11.3 Å². The van der Waals surface area contributed by atoms with Crippen LogP contribution < -0.4 is 5.32 Å². The summed E-state index contributed by atoms with van der Waals surface area (Å²) in [5, 5.41) is 2.38. The summed E-state index contributed by atoms with van der Waals surface area (Å²) >= 11 is 1.01. The van der Waals surface area contributed by atoms with E-state index in [1.807, 2.05) is 0 Å². The summed E-state index contributed by atoms with van der Waals surface area (Å²) in [6.07, 6.45) is -4.64. The molecule has 0 aliphatic carbocycles. The van der Waals surface area contributed by atoms with E-state index in [1.54, 1.807) is 13.0 Å². The number of benzene rings is 2. The van der Waals surface area contributed by atoms with E-state index in [1.165, 1.54) is 24.3 Å². The van der Waals surface area contributed by atoms with Gasteiger partial charge in [-0.1, -0.05) is 18.2 Å². The maximum atomic E-state index is 13.9. The summed E-state index contributed by atoms with van der Waals surface area (Å²) in [4.78, 5) is 24.3. The minimum Gasteiger partial charge on any atom is -0.451 e. The first kappa shape index (κ1) is 19.8. The lowest BCUT2D eigenvalue weighted by Crippen LogP contribution is -2.22. The number of carbonyl (C=O) groups excluding carboxylic acids is 2. The molecule has 4 nitrogen and oxygen atoms in total. The average molecular weight is 411 g/mol. The van der Waals surface area contributed by atoms with Gasteiger partial charge in [0.1, 0.15) is 10.7 Å². The average Bonchev–Trinajstić information content (AvgIpc) is 2.97. The van der Waals surface area contributed by atoms with Crippen molar-refractivity contribution < 1.29 is 31.9 Å². The molecular formula is C19H13F4NO3S. The van der Waals surface area contributed by atoms with Crippen molar-refractivity contribution in [2.24, 2.45) is 0 Å². The summed E-state index contributed by atoms with van der Waals surface area (Å²) in [6.45, 7) is 0.777. The Morgan fingerprint density at radius 1 is 1.11 bits per heavy atom. The first-order valence-corrected chi connectivity index (χ1v) is 8.81. The van der Waals surface area contributed by atoms with Gasteiger partial charge >= 0.3 is 12.1 Å². The predicted molar refractivity (Wildman–Crippen MR) is 96.9 cm³/mol. The number of hydrogen-bond donors (Lipinski definition) is 1. The lowest BCUT2D eigenvalue weighted by atomic mass is 10.1. The van der Waals surface area contributed by atoms with E-state index in [0.29, 0.717) is 15.6 Å². The second-order valence-electron chi connectivity index (χ2n) is 5.84. The number of thiophene rings is 1. The number of nitrogens with one attached hydrogen (secondary N) is 1. The van der Waals surface area contributed by atoms with Crippen LogP contribution in [0.15, 0.2) is 42.5 Å². The Hall–Kier alpha value is -2.94. The van der Waals surface area contributed by atoms with Crippen LogP contribution in [0.2, 0.25) is 0 Å². The number of anilines is 1. The van der Waals surface area contributed by atoms with Crippen molar-refractivity contribution in [3.8, 4) is 0 Å². The molecule has 1 N–H and O–H groups in total. The highest BCUT2D eigenvalue weighted by Crippen LogP contribution is 2.35. The van der Waals surface area contributed by atoms with Gasteiger partial charge in [0.2, 0.25) is 0 Å². The smallest absolute Gasteiger partial charge is 0.418 e. The zero-order chi connectivity index (χ0) is 20.5. The van der Waals surface area contributed by atoms with Gasteiger partial charge in [-0.15, -0.1) is 11.3 Å². The number of esters is 1. The summed E-state index contributed by atoms with van der Waals surface area (Å²) in [7, 11) is 0. The molecule has 0 fully saturated rings. The van der Waals surface area contributed by atoms with E-state index >= 15 is 0 Å². The Bertz CT molecular complexity index is 1060. The van der Waals surface area contributed by atoms with Crippen LogP contribution in [0.25, 0.3) is 10.1 Å². The minimum absolute atomic E-state index is 0.128. The molecule has 9 heteroatoms. The number of hydrogen-bond acceptors (Lipinski definition) is 4. The fourth-order valence-corrected chi connectivity index (χ4v) is 3.79. The molecule has 146 valence electrons. The van der Waals surface area contributed by atoms with Gasteiger partial charge in [0, 0.05) is 10.1 Å². The first-order chi connectivity index (χ1) is 13.2. The zero-order valence-corrected chi connectivity index (χ0v) is 15.2. The molecule has 0 radical (unpaired) electrons. The predicted octanol–water partition coefficient (Wildman–Crippen LogP) is 5.16. The van der Waals surface area contributed by atoms with Crippen LogP contribution in [-0.2, 0) is 15.7 Å². The van der Waals surface area contributed by atoms with Crippen molar-refractivity contribution in [2.45, 2.75) is 13.1 Å². The van der Waals surface area contributed by atoms with Crippen molar-refractivity contribution in [3.63, 3.8) is 0 Å². The third-order valence-corrected chi connectivity index (χ3v) is 5.17. The third kappa shape index (κ3) is 3.99. The minimum atomic E-state index is -4.64. The molecule has 0 aliphatic heterocycles. The lowest BCUT2D eigenvalue weighted by molar-refractivity contribution is -0.137. The molecule has 3 aromatic rings. The fraction of sp³-hybridized carbons (Fsp3) is 0.158. The Balaban J connectivity index is 1.70. The molecule has 28 heavy (non-hydrogen) atoms. The number of para-hydroxylation sites is 1. The molecule has 1 aromatic heterocycles. The highest BCUT2D eigenvalue weighted by atomic mass is 32.1. The molecule has 1 heterocycles. The molecule has 0 spiro atoms. The van der Waals surface area contributed by atoms with Gasteiger partial charge < -0.3 is 10.1 Å². The van der Waals surface area contributed by atoms with E-state index < -0.39 is 41.7 Å². The van der Waals surface area contributed by atoms with Gasteiger partial charge in [-0.2, -0.15) is 13.2 Å². The number of aryl methyl sites for hydroxylation is 1.